The van der Waals surface area contributed by atoms with Crippen LogP contribution in [0.4, 0.5) is 5.13 Å². The van der Waals surface area contributed by atoms with E-state index in [0.29, 0.717) is 6.42 Å². The highest BCUT2D eigenvalue weighted by atomic mass is 32.1. The number of aliphatic hydroxyl groups excluding tert-OH is 1. The first kappa shape index (κ1) is 13.0. The second-order valence-electron chi connectivity index (χ2n) is 4.32. The number of benzene rings is 1. The molecule has 96 valence electrons. The van der Waals surface area contributed by atoms with Crippen molar-refractivity contribution in [1.29, 1.82) is 0 Å². The Morgan fingerprint density at radius 1 is 1.28 bits per heavy atom. The van der Waals surface area contributed by atoms with E-state index < -0.39 is 6.10 Å². The van der Waals surface area contributed by atoms with Gasteiger partial charge in [0.2, 0.25) is 5.13 Å². The highest BCUT2D eigenvalue weighted by molar-refractivity contribution is 7.15. The Labute approximate surface area is 111 Å². The molecule has 1 aromatic heterocycles. The van der Waals surface area contributed by atoms with Gasteiger partial charge in [-0.1, -0.05) is 41.7 Å². The van der Waals surface area contributed by atoms with Crippen LogP contribution in [0, 0.1) is 6.92 Å². The monoisotopic (exact) mass is 263 g/mol. The minimum absolute atomic E-state index is 0.0578. The van der Waals surface area contributed by atoms with Gasteiger partial charge in [-0.15, -0.1) is 10.2 Å². The fourth-order valence-electron chi connectivity index (χ4n) is 1.68. The van der Waals surface area contributed by atoms with Gasteiger partial charge in [0.25, 0.3) is 0 Å². The number of rotatable bonds is 5. The van der Waals surface area contributed by atoms with Crippen molar-refractivity contribution < 1.29 is 5.11 Å². The maximum absolute atomic E-state index is 10.1. The van der Waals surface area contributed by atoms with Gasteiger partial charge in [0.15, 0.2) is 0 Å². The van der Waals surface area contributed by atoms with Gasteiger partial charge in [-0.05, 0) is 19.4 Å². The summed E-state index contributed by atoms with van der Waals surface area (Å²) in [5.41, 5.74) is 1.13. The van der Waals surface area contributed by atoms with Crippen LogP contribution in [-0.4, -0.2) is 27.4 Å². The van der Waals surface area contributed by atoms with Crippen molar-refractivity contribution in [3.05, 3.63) is 40.9 Å². The van der Waals surface area contributed by atoms with Gasteiger partial charge in [-0.2, -0.15) is 0 Å². The molecule has 0 aliphatic rings. The van der Waals surface area contributed by atoms with Crippen molar-refractivity contribution in [3.63, 3.8) is 0 Å². The number of anilines is 1. The van der Waals surface area contributed by atoms with E-state index in [1.54, 1.807) is 0 Å². The van der Waals surface area contributed by atoms with Crippen molar-refractivity contribution in [2.75, 3.05) is 5.32 Å². The van der Waals surface area contributed by atoms with Crippen LogP contribution in [0.1, 0.15) is 17.5 Å². The van der Waals surface area contributed by atoms with E-state index in [1.807, 2.05) is 44.2 Å². The van der Waals surface area contributed by atoms with E-state index in [4.69, 9.17) is 0 Å². The van der Waals surface area contributed by atoms with Crippen molar-refractivity contribution in [1.82, 2.24) is 10.2 Å². The fourth-order valence-corrected chi connectivity index (χ4v) is 2.37. The van der Waals surface area contributed by atoms with Crippen LogP contribution in [0.3, 0.4) is 0 Å². The number of hydrogen-bond donors (Lipinski definition) is 2. The molecule has 2 N–H and O–H groups in total. The molecule has 1 heterocycles. The first-order chi connectivity index (χ1) is 8.65. The Morgan fingerprint density at radius 3 is 2.61 bits per heavy atom. The predicted molar refractivity (Wildman–Crippen MR) is 73.9 cm³/mol. The van der Waals surface area contributed by atoms with Gasteiger partial charge in [0.05, 0.1) is 12.1 Å². The zero-order valence-electron chi connectivity index (χ0n) is 10.5. The SMILES string of the molecule is Cc1nnc(NC(C)C(O)Cc2ccccc2)s1. The third-order valence-corrected chi connectivity index (χ3v) is 3.51. The minimum Gasteiger partial charge on any atom is -0.391 e. The fraction of sp³-hybridized carbons (Fsp3) is 0.385. The predicted octanol–water partition coefficient (Wildman–Crippen LogP) is 2.25. The molecular formula is C13H17N3OS. The Bertz CT molecular complexity index is 486. The molecule has 0 spiro atoms. The zero-order chi connectivity index (χ0) is 13.0. The van der Waals surface area contributed by atoms with Gasteiger partial charge >= 0.3 is 0 Å². The molecule has 2 atom stereocenters. The van der Waals surface area contributed by atoms with Gasteiger partial charge in [-0.3, -0.25) is 0 Å². The molecule has 0 fully saturated rings. The van der Waals surface area contributed by atoms with E-state index >= 15 is 0 Å². The quantitative estimate of drug-likeness (QED) is 0.868. The summed E-state index contributed by atoms with van der Waals surface area (Å²) in [6.45, 7) is 3.86. The molecule has 0 amide bonds. The molecular weight excluding hydrogens is 246 g/mol. The number of aryl methyl sites for hydroxylation is 1. The molecule has 4 nitrogen and oxygen atoms in total. The molecule has 2 aromatic rings. The average Bonchev–Trinajstić information content (AvgIpc) is 2.76. The van der Waals surface area contributed by atoms with Gasteiger partial charge < -0.3 is 10.4 Å². The molecule has 0 aliphatic carbocycles. The lowest BCUT2D eigenvalue weighted by atomic mass is 10.0. The highest BCUT2D eigenvalue weighted by Gasteiger charge is 2.15. The van der Waals surface area contributed by atoms with Crippen LogP contribution in [0.5, 0.6) is 0 Å². The molecule has 18 heavy (non-hydrogen) atoms. The van der Waals surface area contributed by atoms with Crippen molar-refractivity contribution in [3.8, 4) is 0 Å². The van der Waals surface area contributed by atoms with E-state index in [2.05, 4.69) is 15.5 Å². The van der Waals surface area contributed by atoms with Crippen LogP contribution in [0.15, 0.2) is 30.3 Å². The zero-order valence-corrected chi connectivity index (χ0v) is 11.3. The molecule has 0 radical (unpaired) electrons. The second-order valence-corrected chi connectivity index (χ2v) is 5.50. The van der Waals surface area contributed by atoms with Crippen molar-refractivity contribution in [2.45, 2.75) is 32.4 Å². The third kappa shape index (κ3) is 3.51. The van der Waals surface area contributed by atoms with Gasteiger partial charge in [0.1, 0.15) is 5.01 Å². The maximum atomic E-state index is 10.1. The van der Waals surface area contributed by atoms with Crippen molar-refractivity contribution >= 4 is 16.5 Å². The molecule has 0 bridgehead atoms. The number of aromatic nitrogens is 2. The van der Waals surface area contributed by atoms with Crippen molar-refractivity contribution in [2.24, 2.45) is 0 Å². The summed E-state index contributed by atoms with van der Waals surface area (Å²) in [6.07, 6.45) is 0.184. The lowest BCUT2D eigenvalue weighted by Gasteiger charge is -2.19. The maximum Gasteiger partial charge on any atom is 0.205 e. The summed E-state index contributed by atoms with van der Waals surface area (Å²) in [6, 6.07) is 9.91. The second kappa shape index (κ2) is 5.93. The summed E-state index contributed by atoms with van der Waals surface area (Å²) in [5.74, 6) is 0. The summed E-state index contributed by atoms with van der Waals surface area (Å²) < 4.78 is 0. The number of aliphatic hydroxyl groups is 1. The molecule has 1 aromatic carbocycles. The average molecular weight is 263 g/mol. The van der Waals surface area contributed by atoms with Crippen LogP contribution in [-0.2, 0) is 6.42 Å². The Morgan fingerprint density at radius 2 is 2.00 bits per heavy atom. The molecule has 2 rings (SSSR count). The van der Waals surface area contributed by atoms with E-state index in [-0.39, 0.29) is 6.04 Å². The third-order valence-electron chi connectivity index (χ3n) is 2.74. The molecule has 0 saturated carbocycles. The summed E-state index contributed by atoms with van der Waals surface area (Å²) in [7, 11) is 0. The van der Waals surface area contributed by atoms with E-state index in [1.165, 1.54) is 11.3 Å². The van der Waals surface area contributed by atoms with E-state index in [9.17, 15) is 5.11 Å². The topological polar surface area (TPSA) is 58.0 Å². The number of nitrogens with zero attached hydrogens (tertiary/aromatic N) is 2. The summed E-state index contributed by atoms with van der Waals surface area (Å²) >= 11 is 1.50. The molecule has 2 unspecified atom stereocenters. The van der Waals surface area contributed by atoms with Gasteiger partial charge in [-0.25, -0.2) is 0 Å². The first-order valence-electron chi connectivity index (χ1n) is 5.94. The Kier molecular flexibility index (Phi) is 4.28. The van der Waals surface area contributed by atoms with Crippen LogP contribution in [0.2, 0.25) is 0 Å². The Hall–Kier alpha value is -1.46. The summed E-state index contributed by atoms with van der Waals surface area (Å²) in [5, 5.41) is 22.9. The molecule has 5 heteroatoms. The Balaban J connectivity index is 1.90. The number of hydrogen-bond acceptors (Lipinski definition) is 5. The molecule has 0 saturated heterocycles. The van der Waals surface area contributed by atoms with Crippen LogP contribution >= 0.6 is 11.3 Å². The largest absolute Gasteiger partial charge is 0.391 e. The smallest absolute Gasteiger partial charge is 0.205 e. The van der Waals surface area contributed by atoms with E-state index in [0.717, 1.165) is 15.7 Å². The van der Waals surface area contributed by atoms with Crippen LogP contribution in [0.25, 0.3) is 0 Å². The normalized spacial score (nSPS) is 14.2. The minimum atomic E-state index is -0.448. The molecule has 0 aliphatic heterocycles. The van der Waals surface area contributed by atoms with Crippen LogP contribution < -0.4 is 5.32 Å². The standard InChI is InChI=1S/C13H17N3OS/c1-9(14-13-16-15-10(2)18-13)12(17)8-11-6-4-3-5-7-11/h3-7,9,12,17H,8H2,1-2H3,(H,14,16). The van der Waals surface area contributed by atoms with Gasteiger partial charge in [0, 0.05) is 6.42 Å². The lowest BCUT2D eigenvalue weighted by molar-refractivity contribution is 0.158. The number of nitrogens with one attached hydrogen (secondary N) is 1. The first-order valence-corrected chi connectivity index (χ1v) is 6.75. The lowest BCUT2D eigenvalue weighted by Crippen LogP contribution is -2.32. The summed E-state index contributed by atoms with van der Waals surface area (Å²) in [4.78, 5) is 0. The highest BCUT2D eigenvalue weighted by Crippen LogP contribution is 2.16.